The summed E-state index contributed by atoms with van der Waals surface area (Å²) in [6.07, 6.45) is 5.09. The molecule has 0 aliphatic carbocycles. The van der Waals surface area contributed by atoms with E-state index in [2.05, 4.69) is 10.7 Å². The predicted molar refractivity (Wildman–Crippen MR) is 70.8 cm³/mol. The van der Waals surface area contributed by atoms with Crippen molar-refractivity contribution in [3.05, 3.63) is 23.8 Å². The third-order valence-electron chi connectivity index (χ3n) is 2.41. The van der Waals surface area contributed by atoms with Crippen molar-refractivity contribution >= 4 is 21.7 Å². The fraction of sp³-hybridized carbons (Fsp3) is 0.250. The number of sulfonamides is 1. The van der Waals surface area contributed by atoms with Crippen LogP contribution in [-0.2, 0) is 14.8 Å². The summed E-state index contributed by atoms with van der Waals surface area (Å²) in [5.74, 6) is 1.46. The van der Waals surface area contributed by atoms with Gasteiger partial charge in [-0.25, -0.2) is 13.2 Å². The molecule has 0 aliphatic rings. The third-order valence-corrected chi connectivity index (χ3v) is 4.26. The van der Waals surface area contributed by atoms with Crippen molar-refractivity contribution < 1.29 is 17.9 Å². The molecule has 7 heteroatoms. The molecule has 0 saturated heterocycles. The molecule has 0 unspecified atom stereocenters. The molecule has 19 heavy (non-hydrogen) atoms. The van der Waals surface area contributed by atoms with Crippen LogP contribution in [0, 0.1) is 12.3 Å². The zero-order valence-electron chi connectivity index (χ0n) is 10.6. The largest absolute Gasteiger partial charge is 0.465 e. The summed E-state index contributed by atoms with van der Waals surface area (Å²) in [6, 6.07) is 3.93. The van der Waals surface area contributed by atoms with Gasteiger partial charge in [-0.1, -0.05) is 5.92 Å². The number of rotatable bonds is 4. The van der Waals surface area contributed by atoms with Crippen molar-refractivity contribution in [1.29, 1.82) is 0 Å². The van der Waals surface area contributed by atoms with Gasteiger partial charge in [0.25, 0.3) is 0 Å². The van der Waals surface area contributed by atoms with Crippen molar-refractivity contribution in [2.24, 2.45) is 0 Å². The molecule has 0 saturated carbocycles. The molecule has 1 aromatic rings. The zero-order chi connectivity index (χ0) is 14.6. The van der Waals surface area contributed by atoms with Gasteiger partial charge < -0.3 is 10.5 Å². The Hall–Kier alpha value is -2.04. The number of carbonyl (C=O) groups excluding carboxylic acids is 1. The van der Waals surface area contributed by atoms with Gasteiger partial charge in [0.1, 0.15) is 0 Å². The molecular weight excluding hydrogens is 268 g/mol. The monoisotopic (exact) mass is 282 g/mol. The Morgan fingerprint density at radius 1 is 1.53 bits per heavy atom. The van der Waals surface area contributed by atoms with E-state index >= 15 is 0 Å². The molecule has 2 N–H and O–H groups in total. The topological polar surface area (TPSA) is 89.7 Å². The minimum absolute atomic E-state index is 0.0828. The Morgan fingerprint density at radius 2 is 2.16 bits per heavy atom. The van der Waals surface area contributed by atoms with Crippen molar-refractivity contribution in [2.45, 2.75) is 4.90 Å². The van der Waals surface area contributed by atoms with Gasteiger partial charge in [-0.3, -0.25) is 0 Å². The highest BCUT2D eigenvalue weighted by atomic mass is 32.2. The normalized spacial score (nSPS) is 11.1. The lowest BCUT2D eigenvalue weighted by atomic mass is 10.2. The van der Waals surface area contributed by atoms with Crippen LogP contribution in [0.1, 0.15) is 10.4 Å². The third kappa shape index (κ3) is 3.05. The van der Waals surface area contributed by atoms with Crippen LogP contribution in [0.15, 0.2) is 23.1 Å². The SMILES string of the molecule is C#CCN(C)S(=O)(=O)c1cc(N)ccc1C(=O)OC. The molecule has 0 spiro atoms. The van der Waals surface area contributed by atoms with Crippen LogP contribution in [-0.4, -0.2) is 39.4 Å². The number of nitrogens with zero attached hydrogens (tertiary/aromatic N) is 1. The van der Waals surface area contributed by atoms with Gasteiger partial charge >= 0.3 is 5.97 Å². The molecule has 1 aromatic carbocycles. The van der Waals surface area contributed by atoms with Gasteiger partial charge in [-0.05, 0) is 18.2 Å². The number of terminal acetylenes is 1. The van der Waals surface area contributed by atoms with Crippen molar-refractivity contribution in [1.82, 2.24) is 4.31 Å². The van der Waals surface area contributed by atoms with Crippen molar-refractivity contribution in [2.75, 3.05) is 26.4 Å². The summed E-state index contributed by atoms with van der Waals surface area (Å²) in [5.41, 5.74) is 5.70. The molecule has 1 rings (SSSR count). The summed E-state index contributed by atoms with van der Waals surface area (Å²) in [7, 11) is -1.41. The molecule has 102 valence electrons. The number of esters is 1. The molecule has 6 nitrogen and oxygen atoms in total. The second-order valence-corrected chi connectivity index (χ2v) is 5.73. The van der Waals surface area contributed by atoms with Crippen LogP contribution in [0.3, 0.4) is 0 Å². The maximum Gasteiger partial charge on any atom is 0.339 e. The number of carbonyl (C=O) groups is 1. The van der Waals surface area contributed by atoms with Gasteiger partial charge in [0.05, 0.1) is 24.1 Å². The Kier molecular flexibility index (Phi) is 4.53. The zero-order valence-corrected chi connectivity index (χ0v) is 11.4. The predicted octanol–water partition coefficient (Wildman–Crippen LogP) is 0.309. The summed E-state index contributed by atoms with van der Waals surface area (Å²) in [6.45, 7) is -0.113. The van der Waals surface area contributed by atoms with Crippen molar-refractivity contribution in [3.8, 4) is 12.3 Å². The smallest absolute Gasteiger partial charge is 0.339 e. The highest BCUT2D eigenvalue weighted by Gasteiger charge is 2.26. The molecule has 0 heterocycles. The second-order valence-electron chi connectivity index (χ2n) is 3.71. The summed E-state index contributed by atoms with van der Waals surface area (Å²) in [4.78, 5) is 11.4. The standard InChI is InChI=1S/C12H14N2O4S/c1-4-7-14(2)19(16,17)11-8-9(13)5-6-10(11)12(15)18-3/h1,5-6,8H,7,13H2,2-3H3. The molecular formula is C12H14N2O4S. The highest BCUT2D eigenvalue weighted by Crippen LogP contribution is 2.22. The van der Waals surface area contributed by atoms with E-state index < -0.39 is 16.0 Å². The molecule has 0 aromatic heterocycles. The number of ether oxygens (including phenoxy) is 1. The number of nitrogens with two attached hydrogens (primary N) is 1. The van der Waals surface area contributed by atoms with Crippen LogP contribution in [0.2, 0.25) is 0 Å². The Morgan fingerprint density at radius 3 is 2.68 bits per heavy atom. The van der Waals surface area contributed by atoms with E-state index in [1.54, 1.807) is 0 Å². The molecule has 0 atom stereocenters. The van der Waals surface area contributed by atoms with E-state index in [1.807, 2.05) is 0 Å². The van der Waals surface area contributed by atoms with E-state index in [9.17, 15) is 13.2 Å². The number of hydrogen-bond acceptors (Lipinski definition) is 5. The van der Waals surface area contributed by atoms with E-state index in [1.165, 1.54) is 32.4 Å². The van der Waals surface area contributed by atoms with Crippen LogP contribution >= 0.6 is 0 Å². The van der Waals surface area contributed by atoms with Gasteiger partial charge in [0, 0.05) is 12.7 Å². The maximum atomic E-state index is 12.3. The number of nitrogen functional groups attached to an aromatic ring is 1. The van der Waals surface area contributed by atoms with E-state index in [0.717, 1.165) is 4.31 Å². The van der Waals surface area contributed by atoms with Crippen LogP contribution in [0.25, 0.3) is 0 Å². The van der Waals surface area contributed by atoms with Crippen LogP contribution < -0.4 is 5.73 Å². The maximum absolute atomic E-state index is 12.3. The molecule has 0 fully saturated rings. The lowest BCUT2D eigenvalue weighted by Gasteiger charge is -2.16. The molecule has 0 aliphatic heterocycles. The lowest BCUT2D eigenvalue weighted by Crippen LogP contribution is -2.29. The first-order chi connectivity index (χ1) is 8.84. The first-order valence-electron chi connectivity index (χ1n) is 5.22. The summed E-state index contributed by atoms with van der Waals surface area (Å²) < 4.78 is 30.1. The van der Waals surface area contributed by atoms with E-state index in [-0.39, 0.29) is 22.7 Å². The Labute approximate surface area is 112 Å². The van der Waals surface area contributed by atoms with Gasteiger partial charge in [0.15, 0.2) is 0 Å². The Balaban J connectivity index is 3.45. The number of anilines is 1. The highest BCUT2D eigenvalue weighted by molar-refractivity contribution is 7.89. The minimum atomic E-state index is -3.90. The Bertz CT molecular complexity index is 632. The van der Waals surface area contributed by atoms with Crippen molar-refractivity contribution in [3.63, 3.8) is 0 Å². The first-order valence-corrected chi connectivity index (χ1v) is 6.66. The van der Waals surface area contributed by atoms with Gasteiger partial charge in [-0.15, -0.1) is 6.42 Å². The van der Waals surface area contributed by atoms with Crippen LogP contribution in [0.4, 0.5) is 5.69 Å². The average Bonchev–Trinajstić information content (AvgIpc) is 2.38. The fourth-order valence-electron chi connectivity index (χ4n) is 1.41. The molecule has 0 bridgehead atoms. The molecule has 0 amide bonds. The quantitative estimate of drug-likeness (QED) is 0.487. The second kappa shape index (κ2) is 5.73. The minimum Gasteiger partial charge on any atom is -0.465 e. The lowest BCUT2D eigenvalue weighted by molar-refractivity contribution is 0.0596. The van der Waals surface area contributed by atoms with Gasteiger partial charge in [-0.2, -0.15) is 4.31 Å². The first kappa shape index (κ1) is 15.0. The van der Waals surface area contributed by atoms with E-state index in [4.69, 9.17) is 12.2 Å². The molecule has 0 radical (unpaired) electrons. The number of methoxy groups -OCH3 is 1. The fourth-order valence-corrected chi connectivity index (χ4v) is 2.71. The number of benzene rings is 1. The average molecular weight is 282 g/mol. The number of hydrogen-bond donors (Lipinski definition) is 1. The van der Waals surface area contributed by atoms with Crippen LogP contribution in [0.5, 0.6) is 0 Å². The van der Waals surface area contributed by atoms with E-state index in [0.29, 0.717) is 0 Å². The summed E-state index contributed by atoms with van der Waals surface area (Å²) in [5, 5.41) is 0. The summed E-state index contributed by atoms with van der Waals surface area (Å²) >= 11 is 0. The van der Waals surface area contributed by atoms with Gasteiger partial charge in [0.2, 0.25) is 10.0 Å².